The van der Waals surface area contributed by atoms with E-state index in [0.29, 0.717) is 43.6 Å². The maximum absolute atomic E-state index is 13.9. The highest BCUT2D eigenvalue weighted by Crippen LogP contribution is 2.30. The summed E-state index contributed by atoms with van der Waals surface area (Å²) in [6, 6.07) is 13.1. The van der Waals surface area contributed by atoms with Gasteiger partial charge in [0.2, 0.25) is 21.8 Å². The Bertz CT molecular complexity index is 1450. The lowest BCUT2D eigenvalue weighted by Crippen LogP contribution is -2.53. The van der Waals surface area contributed by atoms with Gasteiger partial charge in [-0.3, -0.25) is 18.7 Å². The number of aliphatic hydroxyl groups is 1. The first-order valence-corrected chi connectivity index (χ1v) is 18.3. The number of anilines is 2. The van der Waals surface area contributed by atoms with Crippen molar-refractivity contribution < 1.29 is 27.9 Å². The van der Waals surface area contributed by atoms with Gasteiger partial charge in [0.05, 0.1) is 30.1 Å². The zero-order valence-electron chi connectivity index (χ0n) is 27.2. The Labute approximate surface area is 273 Å². The maximum Gasteiger partial charge on any atom is 0.251 e. The molecule has 0 spiro atoms. The molecule has 1 heterocycles. The van der Waals surface area contributed by atoms with E-state index in [1.165, 1.54) is 16.8 Å². The smallest absolute Gasteiger partial charge is 0.251 e. The second kappa shape index (κ2) is 16.4. The third-order valence-electron chi connectivity index (χ3n) is 8.72. The predicted octanol–water partition coefficient (Wildman–Crippen LogP) is 3.12. The summed E-state index contributed by atoms with van der Waals surface area (Å²) in [5, 5.41) is 20.5. The largest absolute Gasteiger partial charge is 0.390 e. The topological polar surface area (TPSA) is 148 Å². The third-order valence-corrected chi connectivity index (χ3v) is 9.92. The molecule has 12 heteroatoms. The van der Waals surface area contributed by atoms with Crippen LogP contribution in [0.3, 0.4) is 0 Å². The van der Waals surface area contributed by atoms with E-state index in [2.05, 4.69) is 16.0 Å². The van der Waals surface area contributed by atoms with E-state index in [4.69, 9.17) is 0 Å². The number of carbonyl (C=O) groups is 3. The molecule has 3 atom stereocenters. The van der Waals surface area contributed by atoms with Crippen LogP contribution in [0.2, 0.25) is 0 Å². The van der Waals surface area contributed by atoms with E-state index in [9.17, 15) is 27.9 Å². The van der Waals surface area contributed by atoms with Gasteiger partial charge in [0.1, 0.15) is 0 Å². The Morgan fingerprint density at radius 2 is 1.78 bits per heavy atom. The molecule has 2 fully saturated rings. The minimum Gasteiger partial charge on any atom is -0.390 e. The Kier molecular flexibility index (Phi) is 12.6. The van der Waals surface area contributed by atoms with Gasteiger partial charge in [-0.15, -0.1) is 0 Å². The van der Waals surface area contributed by atoms with Crippen molar-refractivity contribution in [1.82, 2.24) is 16.0 Å². The van der Waals surface area contributed by atoms with Crippen molar-refractivity contribution in [2.45, 2.75) is 95.9 Å². The number of aliphatic hydroxyl groups excluding tert-OH is 1. The van der Waals surface area contributed by atoms with Gasteiger partial charge < -0.3 is 26.0 Å². The molecule has 0 bridgehead atoms. The summed E-state index contributed by atoms with van der Waals surface area (Å²) < 4.78 is 26.7. The van der Waals surface area contributed by atoms with Gasteiger partial charge in [0.15, 0.2) is 0 Å². The zero-order chi connectivity index (χ0) is 33.3. The van der Waals surface area contributed by atoms with Gasteiger partial charge in [-0.05, 0) is 62.8 Å². The van der Waals surface area contributed by atoms with Crippen LogP contribution in [0, 0.1) is 0 Å². The second-order valence-electron chi connectivity index (χ2n) is 12.5. The lowest BCUT2D eigenvalue weighted by molar-refractivity contribution is -0.123. The average molecular weight is 656 g/mol. The molecule has 2 aliphatic rings. The molecule has 1 saturated carbocycles. The fourth-order valence-electron chi connectivity index (χ4n) is 6.15. The molecular weight excluding hydrogens is 606 g/mol. The van der Waals surface area contributed by atoms with E-state index in [1.54, 1.807) is 24.0 Å². The van der Waals surface area contributed by atoms with E-state index in [1.807, 2.05) is 37.3 Å². The number of rotatable bonds is 15. The molecule has 0 radical (unpaired) electrons. The normalized spacial score (nSPS) is 17.7. The van der Waals surface area contributed by atoms with Crippen LogP contribution in [0.15, 0.2) is 48.5 Å². The molecule has 4 N–H and O–H groups in total. The molecule has 3 amide bonds. The molecule has 1 aliphatic carbocycles. The first-order valence-electron chi connectivity index (χ1n) is 16.5. The molecule has 0 unspecified atom stereocenters. The van der Waals surface area contributed by atoms with Gasteiger partial charge >= 0.3 is 0 Å². The van der Waals surface area contributed by atoms with E-state index in [-0.39, 0.29) is 36.5 Å². The number of sulfonamides is 1. The minimum atomic E-state index is -3.67. The van der Waals surface area contributed by atoms with Crippen LogP contribution in [0.4, 0.5) is 11.4 Å². The van der Waals surface area contributed by atoms with Crippen LogP contribution in [0.25, 0.3) is 0 Å². The van der Waals surface area contributed by atoms with Crippen LogP contribution in [-0.2, 0) is 26.0 Å². The Hall–Kier alpha value is -3.48. The van der Waals surface area contributed by atoms with Crippen LogP contribution in [-0.4, -0.2) is 81.4 Å². The minimum absolute atomic E-state index is 0.0585. The molecular formula is C34H49N5O6S. The number of hydrogen-bond acceptors (Lipinski definition) is 7. The molecule has 1 saturated heterocycles. The molecule has 252 valence electrons. The first-order chi connectivity index (χ1) is 22.0. The summed E-state index contributed by atoms with van der Waals surface area (Å²) >= 11 is 0. The molecule has 2 aromatic carbocycles. The second-order valence-corrected chi connectivity index (χ2v) is 14.4. The van der Waals surface area contributed by atoms with E-state index < -0.39 is 34.1 Å². The third kappa shape index (κ3) is 9.76. The van der Waals surface area contributed by atoms with Crippen molar-refractivity contribution in [3.63, 3.8) is 0 Å². The van der Waals surface area contributed by atoms with Crippen LogP contribution >= 0.6 is 0 Å². The summed E-state index contributed by atoms with van der Waals surface area (Å²) in [4.78, 5) is 40.9. The predicted molar refractivity (Wildman–Crippen MR) is 180 cm³/mol. The highest BCUT2D eigenvalue weighted by atomic mass is 32.2. The highest BCUT2D eigenvalue weighted by molar-refractivity contribution is 7.92. The molecule has 2 aromatic rings. The van der Waals surface area contributed by atoms with E-state index in [0.717, 1.165) is 37.5 Å². The Morgan fingerprint density at radius 1 is 1.07 bits per heavy atom. The summed E-state index contributed by atoms with van der Waals surface area (Å²) in [6.07, 6.45) is 7.34. The lowest BCUT2D eigenvalue weighted by atomic mass is 9.95. The summed E-state index contributed by atoms with van der Waals surface area (Å²) in [7, 11) is -3.67. The lowest BCUT2D eigenvalue weighted by Gasteiger charge is -2.28. The number of benzene rings is 2. The molecule has 0 aromatic heterocycles. The molecule has 11 nitrogen and oxygen atoms in total. The molecule has 1 aliphatic heterocycles. The average Bonchev–Trinajstić information content (AvgIpc) is 3.47. The van der Waals surface area contributed by atoms with Gasteiger partial charge in [0.25, 0.3) is 5.91 Å². The summed E-state index contributed by atoms with van der Waals surface area (Å²) in [5.41, 5.74) is 1.83. The quantitative estimate of drug-likeness (QED) is 0.231. The van der Waals surface area contributed by atoms with E-state index >= 15 is 0 Å². The first kappa shape index (κ1) is 35.4. The highest BCUT2D eigenvalue weighted by Gasteiger charge is 2.28. The number of hydrogen-bond donors (Lipinski definition) is 4. The van der Waals surface area contributed by atoms with Gasteiger partial charge in [-0.2, -0.15) is 0 Å². The van der Waals surface area contributed by atoms with Crippen molar-refractivity contribution in [3.05, 3.63) is 59.7 Å². The van der Waals surface area contributed by atoms with Gasteiger partial charge in [-0.25, -0.2) is 8.42 Å². The number of nitrogens with zero attached hydrogens (tertiary/aromatic N) is 2. The Balaban J connectivity index is 1.55. The van der Waals surface area contributed by atoms with Crippen molar-refractivity contribution in [2.75, 3.05) is 35.1 Å². The van der Waals surface area contributed by atoms with Crippen LogP contribution in [0.1, 0.15) is 81.1 Å². The maximum atomic E-state index is 13.9. The monoisotopic (exact) mass is 655 g/mol. The van der Waals surface area contributed by atoms with Crippen molar-refractivity contribution in [1.29, 1.82) is 0 Å². The van der Waals surface area contributed by atoms with Crippen molar-refractivity contribution >= 4 is 39.1 Å². The van der Waals surface area contributed by atoms with Crippen molar-refractivity contribution in [3.8, 4) is 0 Å². The summed E-state index contributed by atoms with van der Waals surface area (Å²) in [6.45, 7) is 4.37. The zero-order valence-corrected chi connectivity index (χ0v) is 28.0. The summed E-state index contributed by atoms with van der Waals surface area (Å²) in [5.74, 6) is -0.719. The number of carbonyl (C=O) groups excluding carboxylic acids is 3. The fraction of sp³-hybridized carbons (Fsp3) is 0.559. The molecule has 46 heavy (non-hydrogen) atoms. The van der Waals surface area contributed by atoms with Gasteiger partial charge in [-0.1, -0.05) is 56.5 Å². The Morgan fingerprint density at radius 3 is 2.41 bits per heavy atom. The van der Waals surface area contributed by atoms with Crippen molar-refractivity contribution in [2.24, 2.45) is 0 Å². The number of nitrogens with one attached hydrogen (secondary N) is 3. The number of amides is 3. The van der Waals surface area contributed by atoms with Crippen LogP contribution < -0.4 is 25.2 Å². The van der Waals surface area contributed by atoms with Gasteiger partial charge in [0, 0.05) is 43.3 Å². The van der Waals surface area contributed by atoms with Crippen LogP contribution in [0.5, 0.6) is 0 Å². The molecule has 4 rings (SSSR count). The fourth-order valence-corrected chi connectivity index (χ4v) is 7.15. The SMILES string of the molecule is CCCN(c1cc(C(=O)N[C@@H](Cc2ccccc2)[C@H](O)CN[C@@H](C)C(=O)NC2CCCCC2)cc(N2CCCC2=O)c1)S(C)(=O)=O. The standard InChI is InChI=1S/C34H49N5O6S/c1-4-17-39(46(3,44)45)29-21-26(20-28(22-29)38-18-11-16-32(38)41)34(43)37-30(19-25-12-7-5-8-13-25)31(40)23-35-24(2)33(42)36-27-14-9-6-10-15-27/h5,7-8,12-13,20-22,24,27,30-31,35,40H,4,6,9-11,14-19,23H2,1-3H3,(H,36,42)(H,37,43)/t24-,30-,31+/m0/s1.